The van der Waals surface area contributed by atoms with E-state index in [2.05, 4.69) is 28.6 Å². The smallest absolute Gasteiger partial charge is 0.238 e. The number of sulfonamides is 1. The summed E-state index contributed by atoms with van der Waals surface area (Å²) in [6.07, 6.45) is 2.26. The van der Waals surface area contributed by atoms with Gasteiger partial charge in [-0.1, -0.05) is 25.6 Å². The SMILES string of the molecule is Cc1cc(C(=O)CSc2nnc(C(C)C)n2C2CC2)c(C)n1-c1ccc(S(N)(=O)=O)cc1. The highest BCUT2D eigenvalue weighted by Crippen LogP contribution is 2.40. The Morgan fingerprint density at radius 1 is 1.19 bits per heavy atom. The second kappa shape index (κ2) is 8.49. The van der Waals surface area contributed by atoms with Crippen molar-refractivity contribution >= 4 is 27.6 Å². The van der Waals surface area contributed by atoms with Gasteiger partial charge >= 0.3 is 0 Å². The Bertz CT molecular complexity index is 1270. The summed E-state index contributed by atoms with van der Waals surface area (Å²) in [5.74, 6) is 1.56. The van der Waals surface area contributed by atoms with Gasteiger partial charge in [0.05, 0.1) is 10.6 Å². The maximum atomic E-state index is 13.1. The van der Waals surface area contributed by atoms with E-state index in [1.165, 1.54) is 23.9 Å². The zero-order chi connectivity index (χ0) is 23.2. The summed E-state index contributed by atoms with van der Waals surface area (Å²) in [4.78, 5) is 13.1. The number of ketones is 1. The first kappa shape index (κ1) is 22.8. The number of benzene rings is 1. The zero-order valence-electron chi connectivity index (χ0n) is 18.6. The van der Waals surface area contributed by atoms with Crippen LogP contribution >= 0.6 is 11.8 Å². The summed E-state index contributed by atoms with van der Waals surface area (Å²) < 4.78 is 27.2. The number of hydrogen-bond acceptors (Lipinski definition) is 6. The van der Waals surface area contributed by atoms with Gasteiger partial charge in [0.15, 0.2) is 10.9 Å². The number of nitrogens with zero attached hydrogens (tertiary/aromatic N) is 4. The first-order valence-corrected chi connectivity index (χ1v) is 13.0. The van der Waals surface area contributed by atoms with Crippen molar-refractivity contribution in [3.05, 3.63) is 53.1 Å². The first-order valence-electron chi connectivity index (χ1n) is 10.5. The average molecular weight is 474 g/mol. The predicted molar refractivity (Wildman–Crippen MR) is 124 cm³/mol. The van der Waals surface area contributed by atoms with E-state index < -0.39 is 10.0 Å². The standard InChI is InChI=1S/C22H27N5O3S2/c1-13(2)21-24-25-22(27(21)17-5-6-17)31-12-20(28)19-11-14(3)26(15(19)4)16-7-9-18(10-8-16)32(23,29)30/h7-11,13,17H,5-6,12H2,1-4H3,(H2,23,29,30). The number of thioether (sulfide) groups is 1. The normalized spacial score (nSPS) is 14.3. The van der Waals surface area contributed by atoms with Gasteiger partial charge in [0, 0.05) is 34.6 Å². The number of Topliss-reactive ketones (excluding diaryl/α,β-unsaturated/α-hetero) is 1. The molecule has 0 bridgehead atoms. The highest BCUT2D eigenvalue weighted by Gasteiger charge is 2.31. The molecule has 8 nitrogen and oxygen atoms in total. The fourth-order valence-corrected chi connectivity index (χ4v) is 5.30. The highest BCUT2D eigenvalue weighted by molar-refractivity contribution is 7.99. The fourth-order valence-electron chi connectivity index (χ4n) is 3.89. The third-order valence-corrected chi connectivity index (χ3v) is 7.48. The third kappa shape index (κ3) is 4.39. The molecule has 0 unspecified atom stereocenters. The molecule has 2 N–H and O–H groups in total. The van der Waals surface area contributed by atoms with Gasteiger partial charge < -0.3 is 9.13 Å². The van der Waals surface area contributed by atoms with Crippen LogP contribution in [0.25, 0.3) is 5.69 Å². The molecule has 0 saturated heterocycles. The van der Waals surface area contributed by atoms with Crippen LogP contribution in [0.2, 0.25) is 0 Å². The minimum Gasteiger partial charge on any atom is -0.318 e. The summed E-state index contributed by atoms with van der Waals surface area (Å²) in [5, 5.41) is 14.7. The lowest BCUT2D eigenvalue weighted by Gasteiger charge is -2.11. The number of rotatable bonds is 8. The Labute approximate surface area is 192 Å². The van der Waals surface area contributed by atoms with Crippen LogP contribution in [0.3, 0.4) is 0 Å². The molecule has 1 fully saturated rings. The van der Waals surface area contributed by atoms with Gasteiger partial charge in [-0.2, -0.15) is 0 Å². The van der Waals surface area contributed by atoms with Crippen molar-refractivity contribution in [2.45, 2.75) is 62.5 Å². The Morgan fingerprint density at radius 3 is 2.41 bits per heavy atom. The summed E-state index contributed by atoms with van der Waals surface area (Å²) in [5.41, 5.74) is 3.12. The number of carbonyl (C=O) groups excluding carboxylic acids is 1. The van der Waals surface area contributed by atoms with E-state index >= 15 is 0 Å². The molecule has 170 valence electrons. The summed E-state index contributed by atoms with van der Waals surface area (Å²) >= 11 is 1.43. The van der Waals surface area contributed by atoms with Gasteiger partial charge in [0.2, 0.25) is 10.0 Å². The van der Waals surface area contributed by atoms with Gasteiger partial charge in [0.1, 0.15) is 5.82 Å². The van der Waals surface area contributed by atoms with E-state index in [9.17, 15) is 13.2 Å². The third-order valence-electron chi connectivity index (χ3n) is 5.61. The number of primary sulfonamides is 1. The molecule has 4 rings (SSSR count). The molecule has 1 aliphatic rings. The van der Waals surface area contributed by atoms with E-state index in [1.807, 2.05) is 24.5 Å². The lowest BCUT2D eigenvalue weighted by atomic mass is 10.2. The largest absolute Gasteiger partial charge is 0.318 e. The summed E-state index contributed by atoms with van der Waals surface area (Å²) in [6, 6.07) is 8.64. The van der Waals surface area contributed by atoms with Gasteiger partial charge in [0.25, 0.3) is 0 Å². The maximum Gasteiger partial charge on any atom is 0.238 e. The van der Waals surface area contributed by atoms with Crippen LogP contribution < -0.4 is 5.14 Å². The predicted octanol–water partition coefficient (Wildman–Crippen LogP) is 3.77. The number of aryl methyl sites for hydroxylation is 1. The number of hydrogen-bond donors (Lipinski definition) is 1. The Morgan fingerprint density at radius 2 is 1.84 bits per heavy atom. The van der Waals surface area contributed by atoms with Crippen LogP contribution in [-0.2, 0) is 10.0 Å². The van der Waals surface area contributed by atoms with Crippen LogP contribution in [0.4, 0.5) is 0 Å². The van der Waals surface area contributed by atoms with E-state index in [4.69, 9.17) is 5.14 Å². The van der Waals surface area contributed by atoms with E-state index in [1.54, 1.807) is 12.1 Å². The molecular formula is C22H27N5O3S2. The average Bonchev–Trinajstić information content (AvgIpc) is 3.40. The van der Waals surface area contributed by atoms with Crippen LogP contribution in [0.5, 0.6) is 0 Å². The van der Waals surface area contributed by atoms with Gasteiger partial charge in [-0.3, -0.25) is 4.79 Å². The molecule has 0 aliphatic heterocycles. The molecule has 1 aliphatic carbocycles. The van der Waals surface area contributed by atoms with Crippen LogP contribution in [-0.4, -0.2) is 39.3 Å². The lowest BCUT2D eigenvalue weighted by molar-refractivity contribution is 0.102. The molecule has 0 spiro atoms. The van der Waals surface area contributed by atoms with E-state index in [0.717, 1.165) is 40.9 Å². The minimum absolute atomic E-state index is 0.0203. The molecule has 1 saturated carbocycles. The van der Waals surface area contributed by atoms with Crippen molar-refractivity contribution in [2.75, 3.05) is 5.75 Å². The molecule has 2 heterocycles. The van der Waals surface area contributed by atoms with Crippen molar-refractivity contribution in [3.8, 4) is 5.69 Å². The monoisotopic (exact) mass is 473 g/mol. The van der Waals surface area contributed by atoms with Crippen LogP contribution in [0.1, 0.15) is 66.2 Å². The summed E-state index contributed by atoms with van der Waals surface area (Å²) in [6.45, 7) is 8.02. The lowest BCUT2D eigenvalue weighted by Crippen LogP contribution is -2.12. The summed E-state index contributed by atoms with van der Waals surface area (Å²) in [7, 11) is -3.75. The van der Waals surface area contributed by atoms with Crippen molar-refractivity contribution in [1.82, 2.24) is 19.3 Å². The molecule has 3 aromatic rings. The maximum absolute atomic E-state index is 13.1. The molecular weight excluding hydrogens is 446 g/mol. The Kier molecular flexibility index (Phi) is 6.04. The molecule has 32 heavy (non-hydrogen) atoms. The van der Waals surface area contributed by atoms with Crippen molar-refractivity contribution in [1.29, 1.82) is 0 Å². The second-order valence-corrected chi connectivity index (χ2v) is 11.0. The van der Waals surface area contributed by atoms with E-state index in [0.29, 0.717) is 11.6 Å². The Hall–Kier alpha value is -2.43. The number of nitrogens with two attached hydrogens (primary N) is 1. The van der Waals surface area contributed by atoms with Crippen molar-refractivity contribution in [3.63, 3.8) is 0 Å². The highest BCUT2D eigenvalue weighted by atomic mass is 32.2. The second-order valence-electron chi connectivity index (χ2n) is 8.47. The molecule has 0 amide bonds. The zero-order valence-corrected chi connectivity index (χ0v) is 20.2. The number of carbonyl (C=O) groups is 1. The van der Waals surface area contributed by atoms with Crippen molar-refractivity contribution < 1.29 is 13.2 Å². The van der Waals surface area contributed by atoms with Gasteiger partial charge in [-0.15, -0.1) is 10.2 Å². The Balaban J connectivity index is 1.55. The first-order chi connectivity index (χ1) is 15.1. The van der Waals surface area contributed by atoms with Crippen LogP contribution in [0, 0.1) is 13.8 Å². The minimum atomic E-state index is -3.75. The van der Waals surface area contributed by atoms with Crippen LogP contribution in [0.15, 0.2) is 40.4 Å². The molecule has 10 heteroatoms. The van der Waals surface area contributed by atoms with Gasteiger partial charge in [-0.05, 0) is 57.0 Å². The van der Waals surface area contributed by atoms with E-state index in [-0.39, 0.29) is 22.3 Å². The molecule has 0 radical (unpaired) electrons. The topological polar surface area (TPSA) is 113 Å². The molecule has 2 aromatic heterocycles. The molecule has 0 atom stereocenters. The quantitative estimate of drug-likeness (QED) is 0.394. The van der Waals surface area contributed by atoms with Gasteiger partial charge in [-0.25, -0.2) is 13.6 Å². The number of aromatic nitrogens is 4. The molecule has 1 aromatic carbocycles. The fraction of sp³-hybridized carbons (Fsp3) is 0.409. The van der Waals surface area contributed by atoms with Crippen molar-refractivity contribution in [2.24, 2.45) is 5.14 Å².